The second-order valence-electron chi connectivity index (χ2n) is 3.75. The van der Waals surface area contributed by atoms with E-state index in [4.69, 9.17) is 9.63 Å². The zero-order valence-corrected chi connectivity index (χ0v) is 11.8. The minimum absolute atomic E-state index is 0.00527. The van der Waals surface area contributed by atoms with Crippen molar-refractivity contribution in [2.75, 3.05) is 6.61 Å². The summed E-state index contributed by atoms with van der Waals surface area (Å²) in [7, 11) is -3.59. The van der Waals surface area contributed by atoms with Crippen LogP contribution < -0.4 is 4.72 Å². The summed E-state index contributed by atoms with van der Waals surface area (Å²) in [5, 5.41) is 12.4. The summed E-state index contributed by atoms with van der Waals surface area (Å²) in [5.41, 5.74) is 0. The molecule has 2 N–H and O–H groups in total. The molecule has 7 nitrogen and oxygen atoms in total. The van der Waals surface area contributed by atoms with Gasteiger partial charge in [0.25, 0.3) is 10.0 Å². The van der Waals surface area contributed by atoms with Crippen LogP contribution in [0.4, 0.5) is 0 Å². The van der Waals surface area contributed by atoms with Crippen molar-refractivity contribution in [3.8, 4) is 0 Å². The Labute approximate surface area is 114 Å². The fourth-order valence-corrected chi connectivity index (χ4v) is 3.75. The summed E-state index contributed by atoms with van der Waals surface area (Å²) in [4.78, 5) is 4.72. The third kappa shape index (κ3) is 3.60. The van der Waals surface area contributed by atoms with Crippen LogP contribution in [0.5, 0.6) is 0 Å². The third-order valence-electron chi connectivity index (χ3n) is 2.24. The van der Waals surface area contributed by atoms with Gasteiger partial charge in [-0.25, -0.2) is 13.1 Å². The van der Waals surface area contributed by atoms with Crippen molar-refractivity contribution in [3.05, 3.63) is 28.7 Å². The van der Waals surface area contributed by atoms with Crippen molar-refractivity contribution in [1.82, 2.24) is 14.9 Å². The molecule has 0 aromatic carbocycles. The summed E-state index contributed by atoms with van der Waals surface area (Å²) in [5.74, 6) is 0.670. The average Bonchev–Trinajstić information content (AvgIpc) is 2.97. The number of aliphatic hydroxyl groups is 1. The molecule has 0 unspecified atom stereocenters. The Balaban J connectivity index is 2.04. The minimum Gasteiger partial charge on any atom is -0.396 e. The number of hydrogen-bond donors (Lipinski definition) is 2. The van der Waals surface area contributed by atoms with E-state index >= 15 is 0 Å². The van der Waals surface area contributed by atoms with Gasteiger partial charge >= 0.3 is 0 Å². The molecule has 19 heavy (non-hydrogen) atoms. The zero-order valence-electron chi connectivity index (χ0n) is 10.2. The van der Waals surface area contributed by atoms with E-state index in [0.29, 0.717) is 12.2 Å². The highest BCUT2D eigenvalue weighted by Crippen LogP contribution is 2.21. The number of sulfonamides is 1. The van der Waals surface area contributed by atoms with Crippen molar-refractivity contribution in [2.45, 2.75) is 24.1 Å². The van der Waals surface area contributed by atoms with E-state index in [1.807, 2.05) is 0 Å². The Morgan fingerprint density at radius 1 is 1.47 bits per heavy atom. The molecule has 0 aliphatic rings. The van der Waals surface area contributed by atoms with Crippen LogP contribution in [-0.4, -0.2) is 30.3 Å². The standard InChI is InChI=1S/C10H13N3O4S2/c1-7-12-9(17-13-7)6-11-19(15,16)10-3-2-8(18-10)4-5-14/h2-3,11,14H,4-6H2,1H3. The van der Waals surface area contributed by atoms with Crippen molar-refractivity contribution >= 4 is 21.4 Å². The van der Waals surface area contributed by atoms with Gasteiger partial charge in [0, 0.05) is 17.9 Å². The first-order valence-electron chi connectivity index (χ1n) is 5.49. The number of hydrogen-bond acceptors (Lipinski definition) is 7. The van der Waals surface area contributed by atoms with Crippen LogP contribution in [0.2, 0.25) is 0 Å². The van der Waals surface area contributed by atoms with Crippen molar-refractivity contribution < 1.29 is 18.0 Å². The molecule has 2 aromatic heterocycles. The fourth-order valence-electron chi connectivity index (χ4n) is 1.39. The molecule has 0 amide bonds. The molecule has 0 spiro atoms. The zero-order chi connectivity index (χ0) is 13.9. The molecule has 2 rings (SSSR count). The van der Waals surface area contributed by atoms with E-state index < -0.39 is 10.0 Å². The van der Waals surface area contributed by atoms with Crippen LogP contribution in [0.25, 0.3) is 0 Å². The lowest BCUT2D eigenvalue weighted by molar-refractivity contribution is 0.300. The number of aliphatic hydroxyl groups excluding tert-OH is 1. The highest BCUT2D eigenvalue weighted by atomic mass is 32.2. The van der Waals surface area contributed by atoms with Crippen molar-refractivity contribution in [2.24, 2.45) is 0 Å². The van der Waals surface area contributed by atoms with Gasteiger partial charge in [-0.2, -0.15) is 4.98 Å². The van der Waals surface area contributed by atoms with Gasteiger partial charge in [0.05, 0.1) is 6.54 Å². The lowest BCUT2D eigenvalue weighted by Crippen LogP contribution is -2.22. The lowest BCUT2D eigenvalue weighted by Gasteiger charge is -2.01. The molecule has 0 aliphatic heterocycles. The first-order valence-corrected chi connectivity index (χ1v) is 7.79. The van der Waals surface area contributed by atoms with E-state index in [1.165, 1.54) is 6.07 Å². The van der Waals surface area contributed by atoms with Crippen LogP contribution in [-0.2, 0) is 23.0 Å². The minimum atomic E-state index is -3.59. The normalized spacial score (nSPS) is 11.9. The van der Waals surface area contributed by atoms with Gasteiger partial charge in [0.2, 0.25) is 5.89 Å². The van der Waals surface area contributed by atoms with Crippen LogP contribution in [0.15, 0.2) is 20.9 Å². The van der Waals surface area contributed by atoms with Crippen molar-refractivity contribution in [3.63, 3.8) is 0 Å². The summed E-state index contributed by atoms with van der Waals surface area (Å²) in [6.07, 6.45) is 0.447. The van der Waals surface area contributed by atoms with Gasteiger partial charge in [0.1, 0.15) is 4.21 Å². The van der Waals surface area contributed by atoms with E-state index in [1.54, 1.807) is 13.0 Å². The maximum Gasteiger partial charge on any atom is 0.250 e. The smallest absolute Gasteiger partial charge is 0.250 e. The third-order valence-corrected chi connectivity index (χ3v) is 5.28. The van der Waals surface area contributed by atoms with Gasteiger partial charge < -0.3 is 9.63 Å². The molecule has 0 bridgehead atoms. The van der Waals surface area contributed by atoms with E-state index in [-0.39, 0.29) is 23.3 Å². The summed E-state index contributed by atoms with van der Waals surface area (Å²) in [6.45, 7) is 1.60. The van der Waals surface area contributed by atoms with Crippen LogP contribution in [0.1, 0.15) is 16.6 Å². The first kappa shape index (κ1) is 14.1. The quantitative estimate of drug-likeness (QED) is 0.803. The topological polar surface area (TPSA) is 105 Å². The highest BCUT2D eigenvalue weighted by Gasteiger charge is 2.17. The van der Waals surface area contributed by atoms with Gasteiger partial charge in [-0.05, 0) is 19.1 Å². The fraction of sp³-hybridized carbons (Fsp3) is 0.400. The van der Waals surface area contributed by atoms with Gasteiger partial charge in [0.15, 0.2) is 5.82 Å². The molecule has 0 saturated carbocycles. The SMILES string of the molecule is Cc1noc(CNS(=O)(=O)c2ccc(CCO)s2)n1. The first-order chi connectivity index (χ1) is 9.01. The highest BCUT2D eigenvalue weighted by molar-refractivity contribution is 7.91. The Hall–Kier alpha value is -1.29. The van der Waals surface area contributed by atoms with Gasteiger partial charge in [-0.15, -0.1) is 11.3 Å². The Kier molecular flexibility index (Phi) is 4.30. The Bertz CT molecular complexity index is 647. The predicted octanol–water partition coefficient (Wildman–Crippen LogP) is 0.453. The average molecular weight is 303 g/mol. The molecule has 0 aliphatic carbocycles. The Morgan fingerprint density at radius 2 is 2.26 bits per heavy atom. The van der Waals surface area contributed by atoms with E-state index in [9.17, 15) is 8.42 Å². The summed E-state index contributed by atoms with van der Waals surface area (Å²) in [6, 6.07) is 3.20. The second-order valence-corrected chi connectivity index (χ2v) is 6.92. The maximum absolute atomic E-state index is 12.0. The summed E-state index contributed by atoms with van der Waals surface area (Å²) >= 11 is 1.13. The van der Waals surface area contributed by atoms with Crippen LogP contribution in [0.3, 0.4) is 0 Å². The maximum atomic E-state index is 12.0. The van der Waals surface area contributed by atoms with Crippen molar-refractivity contribution in [1.29, 1.82) is 0 Å². The molecule has 0 radical (unpaired) electrons. The number of aryl methyl sites for hydroxylation is 1. The number of aromatic nitrogens is 2. The molecule has 9 heteroatoms. The Morgan fingerprint density at radius 3 is 2.89 bits per heavy atom. The molecule has 2 aromatic rings. The van der Waals surface area contributed by atoms with E-state index in [2.05, 4.69) is 14.9 Å². The monoisotopic (exact) mass is 303 g/mol. The van der Waals surface area contributed by atoms with Crippen LogP contribution in [0, 0.1) is 6.92 Å². The van der Waals surface area contributed by atoms with E-state index in [0.717, 1.165) is 16.2 Å². The molecular formula is C10H13N3O4S2. The molecule has 2 heterocycles. The summed E-state index contributed by atoms with van der Waals surface area (Å²) < 4.78 is 31.4. The molecule has 0 saturated heterocycles. The number of nitrogens with one attached hydrogen (secondary N) is 1. The lowest BCUT2D eigenvalue weighted by atomic mass is 10.4. The predicted molar refractivity (Wildman–Crippen MR) is 68.2 cm³/mol. The van der Waals surface area contributed by atoms with Gasteiger partial charge in [-0.1, -0.05) is 5.16 Å². The molecule has 0 fully saturated rings. The number of nitrogens with zero attached hydrogens (tertiary/aromatic N) is 2. The molecule has 0 atom stereocenters. The van der Waals surface area contributed by atoms with Gasteiger partial charge in [-0.3, -0.25) is 0 Å². The number of rotatable bonds is 6. The number of thiophene rings is 1. The molecule has 104 valence electrons. The second kappa shape index (κ2) is 5.78. The largest absolute Gasteiger partial charge is 0.396 e. The molecular weight excluding hydrogens is 290 g/mol. The van der Waals surface area contributed by atoms with Crippen LogP contribution >= 0.6 is 11.3 Å².